The van der Waals surface area contributed by atoms with Gasteiger partial charge < -0.3 is 0 Å². The summed E-state index contributed by atoms with van der Waals surface area (Å²) >= 11 is 5.80. The molecular formula is C15H14ClF4N3O3S. The lowest BCUT2D eigenvalue weighted by molar-refractivity contribution is -0.144. The first-order valence-corrected chi connectivity index (χ1v) is 9.27. The lowest BCUT2D eigenvalue weighted by Gasteiger charge is -2.14. The van der Waals surface area contributed by atoms with Crippen molar-refractivity contribution in [1.82, 2.24) is 14.5 Å². The molecule has 0 saturated heterocycles. The predicted octanol–water partition coefficient (Wildman–Crippen LogP) is 2.95. The van der Waals surface area contributed by atoms with Crippen LogP contribution in [0.4, 0.5) is 17.6 Å². The third-order valence-corrected chi connectivity index (χ3v) is 5.47. The van der Waals surface area contributed by atoms with Crippen molar-refractivity contribution in [2.24, 2.45) is 7.05 Å². The summed E-state index contributed by atoms with van der Waals surface area (Å²) in [6.45, 7) is 3.09. The van der Waals surface area contributed by atoms with Crippen molar-refractivity contribution in [3.63, 3.8) is 0 Å². The van der Waals surface area contributed by atoms with Crippen molar-refractivity contribution in [3.8, 4) is 11.3 Å². The first-order valence-electron chi connectivity index (χ1n) is 7.41. The quantitative estimate of drug-likeness (QED) is 0.761. The standard InChI is InChI=1S/C15H14ClF4N3O3S/c1-7(2)22-27(25,26)12-4-8(10(17)5-9(12)16)14-11(24)6-13(15(18,19)20)23(3)21-14/h4-7,22H,1-3H3. The number of sulfonamides is 1. The molecule has 1 N–H and O–H groups in total. The molecule has 0 aliphatic heterocycles. The number of alkyl halides is 3. The molecule has 0 fully saturated rings. The number of benzene rings is 1. The van der Waals surface area contributed by atoms with Crippen LogP contribution in [-0.4, -0.2) is 24.2 Å². The van der Waals surface area contributed by atoms with Gasteiger partial charge in [0.15, 0.2) is 0 Å². The number of aromatic nitrogens is 2. The lowest BCUT2D eigenvalue weighted by atomic mass is 10.1. The van der Waals surface area contributed by atoms with Gasteiger partial charge in [-0.2, -0.15) is 18.3 Å². The molecule has 6 nitrogen and oxygen atoms in total. The number of nitrogens with one attached hydrogen (secondary N) is 1. The van der Waals surface area contributed by atoms with Crippen molar-refractivity contribution < 1.29 is 26.0 Å². The molecule has 2 aromatic rings. The Balaban J connectivity index is 2.73. The minimum Gasteiger partial charge on any atom is -0.287 e. The highest BCUT2D eigenvalue weighted by Gasteiger charge is 2.35. The average molecular weight is 428 g/mol. The zero-order chi connectivity index (χ0) is 20.7. The Bertz CT molecular complexity index is 1050. The topological polar surface area (TPSA) is 81.1 Å². The third-order valence-electron chi connectivity index (χ3n) is 3.35. The summed E-state index contributed by atoms with van der Waals surface area (Å²) in [4.78, 5) is 11.5. The number of halogens is 5. The van der Waals surface area contributed by atoms with Gasteiger partial charge in [-0.25, -0.2) is 17.5 Å². The van der Waals surface area contributed by atoms with Crippen molar-refractivity contribution in [2.45, 2.75) is 31.0 Å². The highest BCUT2D eigenvalue weighted by atomic mass is 35.5. The van der Waals surface area contributed by atoms with Gasteiger partial charge in [0.2, 0.25) is 15.5 Å². The molecule has 1 heterocycles. The fourth-order valence-corrected chi connectivity index (χ4v) is 4.07. The van der Waals surface area contributed by atoms with E-state index in [1.807, 2.05) is 0 Å². The SMILES string of the molecule is CC(C)NS(=O)(=O)c1cc(-c2nn(C)c(C(F)(F)F)cc2=O)c(F)cc1Cl. The molecule has 2 rings (SSSR count). The molecule has 0 aliphatic carbocycles. The van der Waals surface area contributed by atoms with Gasteiger partial charge in [0.05, 0.1) is 5.02 Å². The van der Waals surface area contributed by atoms with Crippen molar-refractivity contribution in [3.05, 3.63) is 45.0 Å². The summed E-state index contributed by atoms with van der Waals surface area (Å²) in [6, 6.07) is 1.18. The van der Waals surface area contributed by atoms with Crippen molar-refractivity contribution >= 4 is 21.6 Å². The molecule has 27 heavy (non-hydrogen) atoms. The lowest BCUT2D eigenvalue weighted by Crippen LogP contribution is -2.30. The van der Waals surface area contributed by atoms with E-state index < -0.39 is 60.4 Å². The number of hydrogen-bond donors (Lipinski definition) is 1. The Morgan fingerprint density at radius 3 is 2.33 bits per heavy atom. The van der Waals surface area contributed by atoms with Crippen LogP contribution in [0.3, 0.4) is 0 Å². The molecule has 0 spiro atoms. The minimum absolute atomic E-state index is 0.261. The number of nitrogens with zero attached hydrogens (tertiary/aromatic N) is 2. The number of aryl methyl sites for hydroxylation is 1. The second-order valence-corrected chi connectivity index (χ2v) is 7.99. The van der Waals surface area contributed by atoms with Crippen LogP contribution in [0.15, 0.2) is 27.9 Å². The Morgan fingerprint density at radius 1 is 1.22 bits per heavy atom. The third kappa shape index (κ3) is 4.47. The van der Waals surface area contributed by atoms with Crippen LogP contribution in [0.1, 0.15) is 19.5 Å². The highest BCUT2D eigenvalue weighted by Crippen LogP contribution is 2.31. The summed E-state index contributed by atoms with van der Waals surface area (Å²) in [5.41, 5.74) is -3.82. The van der Waals surface area contributed by atoms with Crippen LogP contribution in [0.2, 0.25) is 5.02 Å². The molecule has 1 aromatic carbocycles. The van der Waals surface area contributed by atoms with Crippen LogP contribution >= 0.6 is 11.6 Å². The summed E-state index contributed by atoms with van der Waals surface area (Å²) in [7, 11) is -3.23. The van der Waals surface area contributed by atoms with Gasteiger partial charge in [-0.1, -0.05) is 11.6 Å². The molecule has 0 saturated carbocycles. The molecule has 12 heteroatoms. The monoisotopic (exact) mass is 427 g/mol. The minimum atomic E-state index is -4.84. The molecular weight excluding hydrogens is 414 g/mol. The highest BCUT2D eigenvalue weighted by molar-refractivity contribution is 7.89. The predicted molar refractivity (Wildman–Crippen MR) is 90.3 cm³/mol. The summed E-state index contributed by atoms with van der Waals surface area (Å²) < 4.78 is 80.1. The Morgan fingerprint density at radius 2 is 1.81 bits per heavy atom. The number of hydrogen-bond acceptors (Lipinski definition) is 4. The van der Waals surface area contributed by atoms with E-state index in [9.17, 15) is 30.8 Å². The van der Waals surface area contributed by atoms with E-state index in [4.69, 9.17) is 11.6 Å². The molecule has 0 aliphatic rings. The molecule has 0 amide bonds. The molecule has 0 radical (unpaired) electrons. The summed E-state index contributed by atoms with van der Waals surface area (Å²) in [6.07, 6.45) is -4.84. The Kier molecular flexibility index (Phi) is 5.69. The van der Waals surface area contributed by atoms with E-state index in [1.165, 1.54) is 0 Å². The second-order valence-electron chi connectivity index (χ2n) is 5.90. The van der Waals surface area contributed by atoms with Crippen molar-refractivity contribution in [1.29, 1.82) is 0 Å². The normalized spacial score (nSPS) is 12.6. The van der Waals surface area contributed by atoms with Gasteiger partial charge in [-0.3, -0.25) is 9.48 Å². The summed E-state index contributed by atoms with van der Waals surface area (Å²) in [5.74, 6) is -1.10. The molecule has 1 aromatic heterocycles. The molecule has 0 bridgehead atoms. The van der Waals surface area contributed by atoms with Gasteiger partial charge in [0.1, 0.15) is 22.1 Å². The van der Waals surface area contributed by atoms with E-state index in [1.54, 1.807) is 13.8 Å². The zero-order valence-electron chi connectivity index (χ0n) is 14.2. The fraction of sp³-hybridized carbons (Fsp3) is 0.333. The molecule has 148 valence electrons. The number of rotatable bonds is 4. The van der Waals surface area contributed by atoms with Crippen LogP contribution in [0, 0.1) is 5.82 Å². The smallest absolute Gasteiger partial charge is 0.287 e. The van der Waals surface area contributed by atoms with E-state index in [0.717, 1.165) is 13.1 Å². The van der Waals surface area contributed by atoms with Gasteiger partial charge in [-0.05, 0) is 26.0 Å². The second kappa shape index (κ2) is 7.21. The first-order chi connectivity index (χ1) is 12.2. The average Bonchev–Trinajstić information content (AvgIpc) is 2.47. The first kappa shape index (κ1) is 21.3. The van der Waals surface area contributed by atoms with E-state index in [-0.39, 0.29) is 6.07 Å². The maximum absolute atomic E-state index is 14.3. The van der Waals surface area contributed by atoms with E-state index >= 15 is 0 Å². The summed E-state index contributed by atoms with van der Waals surface area (Å²) in [5, 5.41) is 3.02. The molecule has 0 atom stereocenters. The van der Waals surface area contributed by atoms with Crippen LogP contribution in [0.5, 0.6) is 0 Å². The van der Waals surface area contributed by atoms with Gasteiger partial charge >= 0.3 is 6.18 Å². The van der Waals surface area contributed by atoms with Gasteiger partial charge in [-0.15, -0.1) is 0 Å². The zero-order valence-corrected chi connectivity index (χ0v) is 15.8. The van der Waals surface area contributed by atoms with Crippen LogP contribution in [-0.2, 0) is 23.2 Å². The van der Waals surface area contributed by atoms with E-state index in [0.29, 0.717) is 10.7 Å². The van der Waals surface area contributed by atoms with Crippen LogP contribution < -0.4 is 10.2 Å². The van der Waals surface area contributed by atoms with Crippen molar-refractivity contribution in [2.75, 3.05) is 0 Å². The van der Waals surface area contributed by atoms with E-state index in [2.05, 4.69) is 9.82 Å². The maximum atomic E-state index is 14.3. The van der Waals surface area contributed by atoms with Crippen LogP contribution in [0.25, 0.3) is 11.3 Å². The fourth-order valence-electron chi connectivity index (χ4n) is 2.28. The van der Waals surface area contributed by atoms with Gasteiger partial charge in [0.25, 0.3) is 0 Å². The van der Waals surface area contributed by atoms with Gasteiger partial charge in [0, 0.05) is 24.7 Å². The molecule has 0 unspecified atom stereocenters. The Labute approximate surface area is 156 Å². The maximum Gasteiger partial charge on any atom is 0.433 e. The Hall–Kier alpha value is -1.98. The largest absolute Gasteiger partial charge is 0.433 e.